The second-order valence-corrected chi connectivity index (χ2v) is 7.72. The van der Waals surface area contributed by atoms with Gasteiger partial charge in [0.15, 0.2) is 6.54 Å². The van der Waals surface area contributed by atoms with Crippen LogP contribution in [0.5, 0.6) is 0 Å². The van der Waals surface area contributed by atoms with Crippen molar-refractivity contribution in [2.75, 3.05) is 39.3 Å². The number of amides is 3. The molecular formula is C15H21F2N4O4S+. The molecule has 0 aliphatic carbocycles. The molecule has 2 rings (SSSR count). The van der Waals surface area contributed by atoms with Gasteiger partial charge in [-0.05, 0) is 19.1 Å². The van der Waals surface area contributed by atoms with Gasteiger partial charge in [0.2, 0.25) is 10.0 Å². The fourth-order valence-corrected chi connectivity index (χ4v) is 4.13. The summed E-state index contributed by atoms with van der Waals surface area (Å²) in [5.74, 6) is -2.46. The van der Waals surface area contributed by atoms with Gasteiger partial charge in [0.1, 0.15) is 16.5 Å². The van der Waals surface area contributed by atoms with E-state index < -0.39 is 38.5 Å². The van der Waals surface area contributed by atoms with Crippen molar-refractivity contribution in [3.05, 3.63) is 29.8 Å². The SMILES string of the molecule is CCNC(=O)NC(=O)C[NH+]1CCN(S(=O)(=O)c2ccc(F)cc2F)CC1. The first-order valence-electron chi connectivity index (χ1n) is 8.10. The van der Waals surface area contributed by atoms with Crippen LogP contribution >= 0.6 is 0 Å². The average molecular weight is 391 g/mol. The molecule has 0 radical (unpaired) electrons. The van der Waals surface area contributed by atoms with E-state index in [1.165, 1.54) is 0 Å². The van der Waals surface area contributed by atoms with Crippen molar-refractivity contribution in [3.63, 3.8) is 0 Å². The highest BCUT2D eigenvalue weighted by Gasteiger charge is 2.33. The number of hydrogen-bond acceptors (Lipinski definition) is 4. The smallest absolute Gasteiger partial charge is 0.321 e. The molecule has 3 N–H and O–H groups in total. The molecule has 0 saturated carbocycles. The van der Waals surface area contributed by atoms with Gasteiger partial charge in [0, 0.05) is 12.6 Å². The predicted octanol–water partition coefficient (Wildman–Crippen LogP) is -1.30. The molecule has 0 atom stereocenters. The molecule has 0 unspecified atom stereocenters. The van der Waals surface area contributed by atoms with Gasteiger partial charge >= 0.3 is 6.03 Å². The van der Waals surface area contributed by atoms with E-state index >= 15 is 0 Å². The molecule has 3 amide bonds. The van der Waals surface area contributed by atoms with E-state index in [1.54, 1.807) is 6.92 Å². The van der Waals surface area contributed by atoms with Gasteiger partial charge < -0.3 is 10.2 Å². The molecular weight excluding hydrogens is 370 g/mol. The molecule has 8 nitrogen and oxygen atoms in total. The predicted molar refractivity (Wildman–Crippen MR) is 87.9 cm³/mol. The summed E-state index contributed by atoms with van der Waals surface area (Å²) >= 11 is 0. The summed E-state index contributed by atoms with van der Waals surface area (Å²) < 4.78 is 52.8. The second kappa shape index (κ2) is 8.52. The first kappa shape index (κ1) is 20.2. The van der Waals surface area contributed by atoms with E-state index in [1.807, 2.05) is 0 Å². The summed E-state index contributed by atoms with van der Waals surface area (Å²) in [7, 11) is -4.07. The second-order valence-electron chi connectivity index (χ2n) is 5.81. The van der Waals surface area contributed by atoms with Gasteiger partial charge in [-0.2, -0.15) is 4.31 Å². The molecule has 1 aliphatic heterocycles. The molecule has 144 valence electrons. The van der Waals surface area contributed by atoms with Crippen LogP contribution in [0.15, 0.2) is 23.1 Å². The number of sulfonamides is 1. The van der Waals surface area contributed by atoms with Crippen molar-refractivity contribution in [3.8, 4) is 0 Å². The van der Waals surface area contributed by atoms with Gasteiger partial charge in [0.25, 0.3) is 5.91 Å². The maximum absolute atomic E-state index is 13.8. The van der Waals surface area contributed by atoms with E-state index in [4.69, 9.17) is 0 Å². The monoisotopic (exact) mass is 391 g/mol. The number of hydrogen-bond donors (Lipinski definition) is 3. The lowest BCUT2D eigenvalue weighted by Gasteiger charge is -2.31. The maximum atomic E-state index is 13.8. The molecule has 0 bridgehead atoms. The molecule has 26 heavy (non-hydrogen) atoms. The number of halogens is 2. The van der Waals surface area contributed by atoms with Gasteiger partial charge in [-0.15, -0.1) is 0 Å². The highest BCUT2D eigenvalue weighted by Crippen LogP contribution is 2.20. The Bertz CT molecular complexity index is 780. The van der Waals surface area contributed by atoms with E-state index in [2.05, 4.69) is 10.6 Å². The van der Waals surface area contributed by atoms with E-state index in [-0.39, 0.29) is 19.6 Å². The van der Waals surface area contributed by atoms with Crippen LogP contribution in [0.3, 0.4) is 0 Å². The van der Waals surface area contributed by atoms with Crippen molar-refractivity contribution in [1.82, 2.24) is 14.9 Å². The zero-order valence-electron chi connectivity index (χ0n) is 14.2. The van der Waals surface area contributed by atoms with Crippen molar-refractivity contribution < 1.29 is 31.7 Å². The zero-order chi connectivity index (χ0) is 19.3. The largest absolute Gasteiger partial charge is 0.338 e. The quantitative estimate of drug-likeness (QED) is 0.581. The third-order valence-corrected chi connectivity index (χ3v) is 5.87. The summed E-state index contributed by atoms with van der Waals surface area (Å²) in [6.45, 7) is 2.96. The number of piperazine rings is 1. The Labute approximate surface area is 150 Å². The number of imide groups is 1. The molecule has 0 aromatic heterocycles. The zero-order valence-corrected chi connectivity index (χ0v) is 15.0. The number of urea groups is 1. The first-order valence-corrected chi connectivity index (χ1v) is 9.54. The van der Waals surface area contributed by atoms with Gasteiger partial charge in [0.05, 0.1) is 26.2 Å². The van der Waals surface area contributed by atoms with Crippen molar-refractivity contribution in [2.24, 2.45) is 0 Å². The number of quaternary nitrogens is 1. The van der Waals surface area contributed by atoms with Crippen LogP contribution < -0.4 is 15.5 Å². The number of benzene rings is 1. The average Bonchev–Trinajstić information content (AvgIpc) is 2.55. The molecule has 1 saturated heterocycles. The Morgan fingerprint density at radius 1 is 1.23 bits per heavy atom. The lowest BCUT2D eigenvalue weighted by molar-refractivity contribution is -0.895. The minimum absolute atomic E-state index is 0.0237. The maximum Gasteiger partial charge on any atom is 0.321 e. The highest BCUT2D eigenvalue weighted by molar-refractivity contribution is 7.89. The summed E-state index contributed by atoms with van der Waals surface area (Å²) in [5, 5.41) is 4.62. The topological polar surface area (TPSA) is 100 Å². The number of carbonyl (C=O) groups is 2. The molecule has 1 aromatic carbocycles. The molecule has 1 aromatic rings. The normalized spacial score (nSPS) is 16.3. The Balaban J connectivity index is 1.93. The number of nitrogens with one attached hydrogen (secondary N) is 3. The van der Waals surface area contributed by atoms with E-state index in [0.717, 1.165) is 21.3 Å². The highest BCUT2D eigenvalue weighted by atomic mass is 32.2. The molecule has 1 heterocycles. The summed E-state index contributed by atoms with van der Waals surface area (Å²) in [5.41, 5.74) is 0. The van der Waals surface area contributed by atoms with Crippen LogP contribution in [-0.2, 0) is 14.8 Å². The van der Waals surface area contributed by atoms with Crippen molar-refractivity contribution in [2.45, 2.75) is 11.8 Å². The van der Waals surface area contributed by atoms with Crippen LogP contribution in [0.25, 0.3) is 0 Å². The van der Waals surface area contributed by atoms with Crippen LogP contribution in [-0.4, -0.2) is 63.9 Å². The fourth-order valence-electron chi connectivity index (χ4n) is 2.65. The van der Waals surface area contributed by atoms with Crippen LogP contribution in [0.1, 0.15) is 6.92 Å². The number of nitrogens with zero attached hydrogens (tertiary/aromatic N) is 1. The Hall–Kier alpha value is -2.11. The van der Waals surface area contributed by atoms with Gasteiger partial charge in [-0.1, -0.05) is 0 Å². The number of carbonyl (C=O) groups excluding carboxylic acids is 2. The summed E-state index contributed by atoms with van der Waals surface area (Å²) in [4.78, 5) is 23.3. The van der Waals surface area contributed by atoms with Crippen LogP contribution in [0.4, 0.5) is 13.6 Å². The lowest BCUT2D eigenvalue weighted by Crippen LogP contribution is -3.15. The Morgan fingerprint density at radius 3 is 2.46 bits per heavy atom. The van der Waals surface area contributed by atoms with Crippen LogP contribution in [0.2, 0.25) is 0 Å². The van der Waals surface area contributed by atoms with Crippen molar-refractivity contribution in [1.29, 1.82) is 0 Å². The first-order chi connectivity index (χ1) is 12.2. The Morgan fingerprint density at radius 2 is 1.88 bits per heavy atom. The number of rotatable bonds is 5. The van der Waals surface area contributed by atoms with Gasteiger partial charge in [-0.3, -0.25) is 10.1 Å². The Kier molecular flexibility index (Phi) is 6.62. The van der Waals surface area contributed by atoms with Crippen LogP contribution in [0, 0.1) is 11.6 Å². The fraction of sp³-hybridized carbons (Fsp3) is 0.467. The third-order valence-electron chi connectivity index (χ3n) is 3.94. The molecule has 0 spiro atoms. The molecule has 1 fully saturated rings. The molecule has 1 aliphatic rings. The molecule has 11 heteroatoms. The lowest BCUT2D eigenvalue weighted by atomic mass is 10.3. The van der Waals surface area contributed by atoms with Crippen molar-refractivity contribution >= 4 is 22.0 Å². The minimum Gasteiger partial charge on any atom is -0.338 e. The summed E-state index contributed by atoms with van der Waals surface area (Å²) in [6.07, 6.45) is 0. The third kappa shape index (κ3) is 4.96. The van der Waals surface area contributed by atoms with E-state index in [0.29, 0.717) is 25.7 Å². The minimum atomic E-state index is -4.07. The van der Waals surface area contributed by atoms with E-state index in [9.17, 15) is 26.8 Å². The standard InChI is InChI=1S/C15H20F2N4O4S/c1-2-18-15(23)19-14(22)10-20-5-7-21(8-6-20)26(24,25)13-4-3-11(16)9-12(13)17/h3-4,9H,2,5-8,10H2,1H3,(H2,18,19,22,23)/p+1. The summed E-state index contributed by atoms with van der Waals surface area (Å²) in [6, 6.07) is 1.74. The van der Waals surface area contributed by atoms with Gasteiger partial charge in [-0.25, -0.2) is 22.0 Å².